The van der Waals surface area contributed by atoms with Crippen molar-refractivity contribution in [2.75, 3.05) is 11.5 Å². The maximum absolute atomic E-state index is 4.17. The van der Waals surface area contributed by atoms with Crippen molar-refractivity contribution in [2.24, 2.45) is 22.7 Å². The second-order valence-electron chi connectivity index (χ2n) is 9.99. The van der Waals surface area contributed by atoms with Crippen LogP contribution in [-0.4, -0.2) is 30.6 Å². The van der Waals surface area contributed by atoms with Crippen LogP contribution in [0.25, 0.3) is 0 Å². The Morgan fingerprint density at radius 2 is 1.50 bits per heavy atom. The molecule has 2 aromatic rings. The Bertz CT molecular complexity index is 650. The molecule has 2 unspecified atom stereocenters. The first-order chi connectivity index (χ1) is 13.2. The van der Waals surface area contributed by atoms with E-state index in [4.69, 9.17) is 0 Å². The summed E-state index contributed by atoms with van der Waals surface area (Å²) in [7, 11) is 4.10. The summed E-state index contributed by atoms with van der Waals surface area (Å²) < 4.78 is 4.39. The monoisotopic (exact) mass is 422 g/mol. The Morgan fingerprint density at radius 3 is 2.11 bits per heavy atom. The molecule has 2 rings (SSSR count). The molecule has 0 spiro atoms. The first-order valence-corrected chi connectivity index (χ1v) is 12.8. The van der Waals surface area contributed by atoms with Crippen LogP contribution in [0.5, 0.6) is 0 Å². The molecule has 2 heterocycles. The highest BCUT2D eigenvalue weighted by Gasteiger charge is 2.29. The van der Waals surface area contributed by atoms with Gasteiger partial charge in [0.1, 0.15) is 0 Å². The molecule has 0 radical (unpaired) electrons. The summed E-state index contributed by atoms with van der Waals surface area (Å²) in [5, 5.41) is 0. The van der Waals surface area contributed by atoms with E-state index in [0.717, 1.165) is 19.0 Å². The predicted octanol–water partition coefficient (Wildman–Crippen LogP) is 6.27. The third-order valence-electron chi connectivity index (χ3n) is 4.90. The molecule has 2 aromatic heterocycles. The van der Waals surface area contributed by atoms with Gasteiger partial charge in [-0.15, -0.1) is 0 Å². The van der Waals surface area contributed by atoms with Crippen LogP contribution in [0.15, 0.2) is 37.4 Å². The lowest BCUT2D eigenvalue weighted by molar-refractivity contribution is 0.189. The fourth-order valence-electron chi connectivity index (χ4n) is 4.23. The second kappa shape index (κ2) is 10.8. The van der Waals surface area contributed by atoms with Crippen LogP contribution in [0.4, 0.5) is 0 Å². The van der Waals surface area contributed by atoms with Crippen molar-refractivity contribution in [1.82, 2.24) is 19.1 Å². The lowest BCUT2D eigenvalue weighted by Crippen LogP contribution is -2.28. The quantitative estimate of drug-likeness (QED) is 0.282. The van der Waals surface area contributed by atoms with Crippen molar-refractivity contribution in [1.29, 1.82) is 0 Å². The van der Waals surface area contributed by atoms with Crippen LogP contribution in [0.3, 0.4) is 0 Å². The molecule has 0 saturated heterocycles. The van der Waals surface area contributed by atoms with Crippen molar-refractivity contribution in [3.8, 4) is 0 Å². The molecule has 0 N–H and O–H groups in total. The lowest BCUT2D eigenvalue weighted by atomic mass is 9.76. The lowest BCUT2D eigenvalue weighted by Gasteiger charge is -2.35. The molecule has 0 bridgehead atoms. The fraction of sp³-hybridized carbons (Fsp3) is 0.727. The Kier molecular flexibility index (Phi) is 9.00. The number of hydrogen-bond donors (Lipinski definition) is 0. The highest BCUT2D eigenvalue weighted by atomic mass is 33.1. The minimum absolute atomic E-state index is 0.269. The van der Waals surface area contributed by atoms with Crippen LogP contribution in [0.1, 0.15) is 54.4 Å². The Morgan fingerprint density at radius 1 is 0.857 bits per heavy atom. The van der Waals surface area contributed by atoms with Gasteiger partial charge in [0.25, 0.3) is 0 Å². The number of rotatable bonds is 13. The molecule has 0 saturated carbocycles. The van der Waals surface area contributed by atoms with Crippen molar-refractivity contribution < 1.29 is 0 Å². The molecule has 0 amide bonds. The smallest absolute Gasteiger partial charge is 0.0946 e. The molecule has 2 atom stereocenters. The molecule has 0 aliphatic heterocycles. The van der Waals surface area contributed by atoms with Crippen molar-refractivity contribution in [2.45, 2.75) is 67.5 Å². The van der Waals surface area contributed by atoms with Crippen LogP contribution in [0.2, 0.25) is 0 Å². The molecule has 0 fully saturated rings. The van der Waals surface area contributed by atoms with Gasteiger partial charge in [-0.1, -0.05) is 63.1 Å². The second-order valence-corrected chi connectivity index (χ2v) is 12.5. The number of hydrogen-bond acceptors (Lipinski definition) is 4. The van der Waals surface area contributed by atoms with E-state index in [2.05, 4.69) is 94.6 Å². The summed E-state index contributed by atoms with van der Waals surface area (Å²) in [4.78, 5) is 8.31. The third kappa shape index (κ3) is 9.08. The summed E-state index contributed by atoms with van der Waals surface area (Å²) in [5.74, 6) is 3.86. The van der Waals surface area contributed by atoms with E-state index in [1.807, 2.05) is 25.0 Å². The van der Waals surface area contributed by atoms with Crippen molar-refractivity contribution >= 4 is 21.6 Å². The normalized spacial score (nSPS) is 14.9. The van der Waals surface area contributed by atoms with Crippen LogP contribution in [0, 0.1) is 22.7 Å². The van der Waals surface area contributed by atoms with Crippen LogP contribution < -0.4 is 0 Å². The van der Waals surface area contributed by atoms with E-state index in [-0.39, 0.29) is 5.41 Å². The summed E-state index contributed by atoms with van der Waals surface area (Å²) in [6.07, 6.45) is 14.2. The standard InChI is InChI=1S/C22H38N4S2/c1-19(12-25-9-7-23-17-25)11-20(2)13-27-28-16-22(5,6)14-21(3,4)15-26-10-8-24-18-26/h7-10,17-20H,11-16H2,1-6H3. The summed E-state index contributed by atoms with van der Waals surface area (Å²) in [5.41, 5.74) is 0.602. The molecule has 0 aliphatic carbocycles. The maximum Gasteiger partial charge on any atom is 0.0946 e. The molecular formula is C22H38N4S2. The van der Waals surface area contributed by atoms with Crippen molar-refractivity contribution in [3.63, 3.8) is 0 Å². The molecular weight excluding hydrogens is 384 g/mol. The number of imidazole rings is 2. The minimum atomic E-state index is 0.269. The average Bonchev–Trinajstić information content (AvgIpc) is 3.24. The van der Waals surface area contributed by atoms with Crippen molar-refractivity contribution in [3.05, 3.63) is 37.4 Å². The van der Waals surface area contributed by atoms with Gasteiger partial charge < -0.3 is 9.13 Å². The van der Waals surface area contributed by atoms with E-state index in [1.165, 1.54) is 24.3 Å². The largest absolute Gasteiger partial charge is 0.337 e. The third-order valence-corrected chi connectivity index (χ3v) is 7.93. The zero-order chi connectivity index (χ0) is 20.6. The van der Waals surface area contributed by atoms with E-state index in [0.29, 0.717) is 11.3 Å². The fourth-order valence-corrected chi connectivity index (χ4v) is 7.39. The zero-order valence-corrected chi connectivity index (χ0v) is 20.1. The Labute approximate surface area is 179 Å². The highest BCUT2D eigenvalue weighted by Crippen LogP contribution is 2.40. The summed E-state index contributed by atoms with van der Waals surface area (Å²) >= 11 is 0. The van der Waals surface area contributed by atoms with Gasteiger partial charge in [0.15, 0.2) is 0 Å². The van der Waals surface area contributed by atoms with Crippen LogP contribution in [-0.2, 0) is 13.1 Å². The summed E-state index contributed by atoms with van der Waals surface area (Å²) in [6.45, 7) is 16.4. The van der Waals surface area contributed by atoms with Crippen LogP contribution >= 0.6 is 21.6 Å². The Balaban J connectivity index is 1.64. The van der Waals surface area contributed by atoms with Gasteiger partial charge in [-0.2, -0.15) is 0 Å². The minimum Gasteiger partial charge on any atom is -0.337 e. The zero-order valence-electron chi connectivity index (χ0n) is 18.5. The topological polar surface area (TPSA) is 35.6 Å². The van der Waals surface area contributed by atoms with Gasteiger partial charge in [-0.05, 0) is 35.5 Å². The number of nitrogens with zero attached hydrogens (tertiary/aromatic N) is 4. The average molecular weight is 423 g/mol. The molecule has 4 nitrogen and oxygen atoms in total. The molecule has 6 heteroatoms. The first-order valence-electron chi connectivity index (χ1n) is 10.3. The molecule has 28 heavy (non-hydrogen) atoms. The van der Waals surface area contributed by atoms with Gasteiger partial charge in [-0.3, -0.25) is 0 Å². The summed E-state index contributed by atoms with van der Waals surface area (Å²) in [6, 6.07) is 0. The highest BCUT2D eigenvalue weighted by molar-refractivity contribution is 8.76. The number of aromatic nitrogens is 4. The van der Waals surface area contributed by atoms with E-state index in [9.17, 15) is 0 Å². The molecule has 0 aliphatic rings. The molecule has 158 valence electrons. The first kappa shape index (κ1) is 23.4. The van der Waals surface area contributed by atoms with E-state index < -0.39 is 0 Å². The van der Waals surface area contributed by atoms with Gasteiger partial charge in [0, 0.05) is 49.4 Å². The van der Waals surface area contributed by atoms with Gasteiger partial charge >= 0.3 is 0 Å². The SMILES string of the molecule is CC(CSSCC(C)(C)CC(C)(C)Cn1ccnc1)CC(C)Cn1ccnc1. The maximum atomic E-state index is 4.17. The predicted molar refractivity (Wildman–Crippen MR) is 124 cm³/mol. The van der Waals surface area contributed by atoms with Gasteiger partial charge in [0.2, 0.25) is 0 Å². The van der Waals surface area contributed by atoms with Gasteiger partial charge in [-0.25, -0.2) is 9.97 Å². The van der Waals surface area contributed by atoms with Gasteiger partial charge in [0.05, 0.1) is 12.7 Å². The molecule has 0 aromatic carbocycles. The van der Waals surface area contributed by atoms with E-state index >= 15 is 0 Å². The van der Waals surface area contributed by atoms with E-state index in [1.54, 1.807) is 0 Å². The Hall–Kier alpha value is -0.880.